The lowest BCUT2D eigenvalue weighted by Gasteiger charge is -2.21. The summed E-state index contributed by atoms with van der Waals surface area (Å²) in [6.45, 7) is 4.12. The van der Waals surface area contributed by atoms with Crippen molar-refractivity contribution in [2.45, 2.75) is 25.9 Å². The maximum atomic E-state index is 9.71. The van der Waals surface area contributed by atoms with Crippen LogP contribution in [0.15, 0.2) is 12.4 Å². The van der Waals surface area contributed by atoms with Crippen LogP contribution in [0.5, 0.6) is 0 Å². The van der Waals surface area contributed by atoms with Crippen molar-refractivity contribution in [1.29, 1.82) is 0 Å². The number of anilines is 2. The number of nitrogens with two attached hydrogens (primary N) is 1. The van der Waals surface area contributed by atoms with Gasteiger partial charge in [-0.2, -0.15) is 0 Å². The number of hydrogen-bond donors (Lipinski definition) is 3. The van der Waals surface area contributed by atoms with Gasteiger partial charge in [0.05, 0.1) is 18.0 Å². The maximum Gasteiger partial charge on any atom is 0.147 e. The highest BCUT2D eigenvalue weighted by atomic mass is 16.3. The third-order valence-electron chi connectivity index (χ3n) is 2.07. The molecule has 4 N–H and O–H groups in total. The Kier molecular flexibility index (Phi) is 3.24. The zero-order valence-corrected chi connectivity index (χ0v) is 8.49. The van der Waals surface area contributed by atoms with Crippen LogP contribution in [0.3, 0.4) is 0 Å². The molecule has 1 atom stereocenters. The molecule has 0 saturated carbocycles. The molecule has 1 aromatic heterocycles. The Bertz CT molecular complexity index is 301. The fourth-order valence-electron chi connectivity index (χ4n) is 0.872. The molecule has 0 saturated heterocycles. The average Bonchev–Trinajstić information content (AvgIpc) is 2.15. The van der Waals surface area contributed by atoms with Gasteiger partial charge in [0, 0.05) is 6.54 Å². The van der Waals surface area contributed by atoms with E-state index in [1.807, 2.05) is 6.92 Å². The summed E-state index contributed by atoms with van der Waals surface area (Å²) < 4.78 is 0. The van der Waals surface area contributed by atoms with Crippen LogP contribution in [-0.2, 0) is 0 Å². The Labute approximate surface area is 83.4 Å². The lowest BCUT2D eigenvalue weighted by molar-refractivity contribution is 0.0696. The van der Waals surface area contributed by atoms with E-state index in [0.29, 0.717) is 24.6 Å². The molecule has 0 fully saturated rings. The Morgan fingerprint density at radius 2 is 2.29 bits per heavy atom. The van der Waals surface area contributed by atoms with E-state index in [-0.39, 0.29) is 0 Å². The van der Waals surface area contributed by atoms with Crippen LogP contribution >= 0.6 is 0 Å². The van der Waals surface area contributed by atoms with Crippen LogP contribution in [0, 0.1) is 0 Å². The van der Waals surface area contributed by atoms with E-state index in [4.69, 9.17) is 5.73 Å². The van der Waals surface area contributed by atoms with Crippen LogP contribution in [-0.4, -0.2) is 27.2 Å². The van der Waals surface area contributed by atoms with Crippen molar-refractivity contribution in [2.75, 3.05) is 17.6 Å². The number of rotatable bonds is 4. The minimum Gasteiger partial charge on any atom is -0.388 e. The molecule has 0 spiro atoms. The van der Waals surface area contributed by atoms with E-state index >= 15 is 0 Å². The molecule has 1 unspecified atom stereocenters. The first kappa shape index (κ1) is 10.7. The van der Waals surface area contributed by atoms with Gasteiger partial charge in [0.15, 0.2) is 0 Å². The predicted octanol–water partition coefficient (Wildman–Crippen LogP) is 0.632. The summed E-state index contributed by atoms with van der Waals surface area (Å²) in [6.07, 6.45) is 3.72. The lowest BCUT2D eigenvalue weighted by Crippen LogP contribution is -2.32. The molecule has 0 aliphatic carbocycles. The average molecular weight is 196 g/mol. The van der Waals surface area contributed by atoms with Crippen molar-refractivity contribution >= 4 is 11.6 Å². The summed E-state index contributed by atoms with van der Waals surface area (Å²) in [6, 6.07) is 0. The van der Waals surface area contributed by atoms with Crippen LogP contribution in [0.1, 0.15) is 20.3 Å². The second-order valence-corrected chi connectivity index (χ2v) is 3.53. The molecule has 1 heterocycles. The van der Waals surface area contributed by atoms with E-state index in [1.165, 1.54) is 6.20 Å². The first-order valence-electron chi connectivity index (χ1n) is 4.57. The van der Waals surface area contributed by atoms with E-state index < -0.39 is 5.60 Å². The predicted molar refractivity (Wildman–Crippen MR) is 55.8 cm³/mol. The Hall–Kier alpha value is -1.36. The molecule has 1 rings (SSSR count). The smallest absolute Gasteiger partial charge is 0.147 e. The maximum absolute atomic E-state index is 9.71. The molecule has 78 valence electrons. The molecular weight excluding hydrogens is 180 g/mol. The minimum absolute atomic E-state index is 0.367. The highest BCUT2D eigenvalue weighted by Crippen LogP contribution is 2.10. The molecule has 1 aromatic rings. The second kappa shape index (κ2) is 4.23. The van der Waals surface area contributed by atoms with Gasteiger partial charge >= 0.3 is 0 Å². The number of nitrogen functional groups attached to an aromatic ring is 1. The summed E-state index contributed by atoms with van der Waals surface area (Å²) >= 11 is 0. The monoisotopic (exact) mass is 196 g/mol. The van der Waals surface area contributed by atoms with Crippen LogP contribution < -0.4 is 11.1 Å². The number of hydrogen-bond acceptors (Lipinski definition) is 5. The number of aromatic nitrogens is 2. The fourth-order valence-corrected chi connectivity index (χ4v) is 0.872. The quantitative estimate of drug-likeness (QED) is 0.657. The van der Waals surface area contributed by atoms with E-state index in [0.717, 1.165) is 0 Å². The number of nitrogens with one attached hydrogen (secondary N) is 1. The zero-order valence-electron chi connectivity index (χ0n) is 8.49. The van der Waals surface area contributed by atoms with E-state index in [9.17, 15) is 5.11 Å². The van der Waals surface area contributed by atoms with Gasteiger partial charge in [0.2, 0.25) is 0 Å². The first-order chi connectivity index (χ1) is 6.53. The van der Waals surface area contributed by atoms with Gasteiger partial charge < -0.3 is 16.2 Å². The minimum atomic E-state index is -0.730. The van der Waals surface area contributed by atoms with Gasteiger partial charge in [0.1, 0.15) is 11.6 Å². The van der Waals surface area contributed by atoms with E-state index in [2.05, 4.69) is 15.3 Å². The molecule has 14 heavy (non-hydrogen) atoms. The standard InChI is InChI=1S/C9H16N4O/c1-3-9(2,14)6-12-8-5-11-4-7(10)13-8/h4-5,14H,3,6H2,1-2H3,(H3,10,12,13). The molecule has 0 radical (unpaired) electrons. The molecular formula is C9H16N4O. The third-order valence-corrected chi connectivity index (χ3v) is 2.07. The molecule has 0 amide bonds. The van der Waals surface area contributed by atoms with Gasteiger partial charge in [0.25, 0.3) is 0 Å². The highest BCUT2D eigenvalue weighted by Gasteiger charge is 2.16. The van der Waals surface area contributed by atoms with Crippen molar-refractivity contribution in [1.82, 2.24) is 9.97 Å². The summed E-state index contributed by atoms with van der Waals surface area (Å²) in [5.41, 5.74) is 4.72. The van der Waals surface area contributed by atoms with Crippen molar-refractivity contribution in [3.8, 4) is 0 Å². The first-order valence-corrected chi connectivity index (χ1v) is 4.57. The van der Waals surface area contributed by atoms with Crippen molar-refractivity contribution in [2.24, 2.45) is 0 Å². The number of nitrogens with zero attached hydrogens (tertiary/aromatic N) is 2. The lowest BCUT2D eigenvalue weighted by atomic mass is 10.0. The molecule has 0 aliphatic rings. The van der Waals surface area contributed by atoms with Gasteiger partial charge in [-0.05, 0) is 13.3 Å². The highest BCUT2D eigenvalue weighted by molar-refractivity contribution is 5.38. The third kappa shape index (κ3) is 3.18. The molecule has 5 nitrogen and oxygen atoms in total. The molecule has 0 aliphatic heterocycles. The fraction of sp³-hybridized carbons (Fsp3) is 0.556. The van der Waals surface area contributed by atoms with Crippen LogP contribution in [0.4, 0.5) is 11.6 Å². The molecule has 0 aromatic carbocycles. The van der Waals surface area contributed by atoms with Crippen molar-refractivity contribution < 1.29 is 5.11 Å². The van der Waals surface area contributed by atoms with Gasteiger partial charge in [-0.25, -0.2) is 4.98 Å². The normalized spacial score (nSPS) is 14.8. The summed E-state index contributed by atoms with van der Waals surface area (Å²) in [4.78, 5) is 7.88. The van der Waals surface area contributed by atoms with Crippen LogP contribution in [0.2, 0.25) is 0 Å². The van der Waals surface area contributed by atoms with Gasteiger partial charge in [-0.1, -0.05) is 6.92 Å². The van der Waals surface area contributed by atoms with Crippen LogP contribution in [0.25, 0.3) is 0 Å². The largest absolute Gasteiger partial charge is 0.388 e. The Balaban J connectivity index is 2.54. The Morgan fingerprint density at radius 1 is 1.57 bits per heavy atom. The topological polar surface area (TPSA) is 84.1 Å². The molecule has 0 bridgehead atoms. The molecule has 5 heteroatoms. The second-order valence-electron chi connectivity index (χ2n) is 3.53. The van der Waals surface area contributed by atoms with Gasteiger partial charge in [-0.3, -0.25) is 4.98 Å². The summed E-state index contributed by atoms with van der Waals surface area (Å²) in [7, 11) is 0. The SMILES string of the molecule is CCC(C)(O)CNc1cncc(N)n1. The summed E-state index contributed by atoms with van der Waals surface area (Å²) in [5, 5.41) is 12.7. The van der Waals surface area contributed by atoms with E-state index in [1.54, 1.807) is 13.1 Å². The zero-order chi connectivity index (χ0) is 10.6. The van der Waals surface area contributed by atoms with Crippen molar-refractivity contribution in [3.63, 3.8) is 0 Å². The number of aliphatic hydroxyl groups is 1. The Morgan fingerprint density at radius 3 is 2.86 bits per heavy atom. The summed E-state index contributed by atoms with van der Waals surface area (Å²) in [5.74, 6) is 0.949. The van der Waals surface area contributed by atoms with Gasteiger partial charge in [-0.15, -0.1) is 0 Å². The van der Waals surface area contributed by atoms with Crippen molar-refractivity contribution in [3.05, 3.63) is 12.4 Å².